The van der Waals surface area contributed by atoms with Crippen LogP contribution in [0.2, 0.25) is 5.02 Å². The highest BCUT2D eigenvalue weighted by atomic mass is 35.5. The van der Waals surface area contributed by atoms with E-state index < -0.39 is 0 Å². The standard InChI is InChI=1S/C19H18ClNO4/c20-15-4-1-13(2-5-15)9-10-21-19(23)8-6-16(22)14-3-7-17-18(11-14)25-12-24-17/h1-5,7,11H,6,8-10,12H2,(H,21,23). The average molecular weight is 360 g/mol. The van der Waals surface area contributed by atoms with E-state index in [0.29, 0.717) is 28.6 Å². The normalized spacial score (nSPS) is 12.0. The summed E-state index contributed by atoms with van der Waals surface area (Å²) in [6.07, 6.45) is 1.04. The molecule has 3 rings (SSSR count). The highest BCUT2D eigenvalue weighted by molar-refractivity contribution is 6.30. The van der Waals surface area contributed by atoms with Crippen LogP contribution in [0.25, 0.3) is 0 Å². The van der Waals surface area contributed by atoms with Crippen LogP contribution in [0, 0.1) is 0 Å². The van der Waals surface area contributed by atoms with E-state index in [1.54, 1.807) is 18.2 Å². The molecule has 0 fully saturated rings. The van der Waals surface area contributed by atoms with Gasteiger partial charge in [-0.15, -0.1) is 0 Å². The summed E-state index contributed by atoms with van der Waals surface area (Å²) in [7, 11) is 0. The Kier molecular flexibility index (Phi) is 5.56. The van der Waals surface area contributed by atoms with Crippen LogP contribution in [0.1, 0.15) is 28.8 Å². The molecule has 6 heteroatoms. The molecular weight excluding hydrogens is 342 g/mol. The number of amides is 1. The maximum absolute atomic E-state index is 12.2. The van der Waals surface area contributed by atoms with Crippen molar-refractivity contribution in [2.45, 2.75) is 19.3 Å². The van der Waals surface area contributed by atoms with Gasteiger partial charge in [0.2, 0.25) is 12.7 Å². The van der Waals surface area contributed by atoms with Crippen LogP contribution in [-0.4, -0.2) is 25.0 Å². The number of ether oxygens (including phenoxy) is 2. The Morgan fingerprint density at radius 1 is 1.00 bits per heavy atom. The minimum absolute atomic E-state index is 0.0915. The fraction of sp³-hybridized carbons (Fsp3) is 0.263. The van der Waals surface area contributed by atoms with Crippen LogP contribution in [-0.2, 0) is 11.2 Å². The molecule has 0 unspecified atom stereocenters. The monoisotopic (exact) mass is 359 g/mol. The van der Waals surface area contributed by atoms with Gasteiger partial charge in [0.15, 0.2) is 17.3 Å². The summed E-state index contributed by atoms with van der Waals surface area (Å²) >= 11 is 5.83. The molecule has 0 saturated heterocycles. The van der Waals surface area contributed by atoms with Gasteiger partial charge in [0, 0.05) is 30.0 Å². The van der Waals surface area contributed by atoms with E-state index in [4.69, 9.17) is 21.1 Å². The number of halogens is 1. The predicted octanol–water partition coefficient (Wildman–Crippen LogP) is 3.39. The minimum Gasteiger partial charge on any atom is -0.454 e. The molecule has 0 radical (unpaired) electrons. The lowest BCUT2D eigenvalue weighted by Crippen LogP contribution is -2.26. The maximum Gasteiger partial charge on any atom is 0.231 e. The van der Waals surface area contributed by atoms with Crippen LogP contribution in [0.5, 0.6) is 11.5 Å². The predicted molar refractivity (Wildman–Crippen MR) is 94.3 cm³/mol. The fourth-order valence-electron chi connectivity index (χ4n) is 2.53. The molecule has 130 valence electrons. The molecule has 1 aliphatic rings. The van der Waals surface area contributed by atoms with Crippen molar-refractivity contribution in [3.8, 4) is 11.5 Å². The quantitative estimate of drug-likeness (QED) is 0.769. The number of carbonyl (C=O) groups excluding carboxylic acids is 2. The minimum atomic E-state index is -0.136. The number of ketones is 1. The molecule has 0 spiro atoms. The van der Waals surface area contributed by atoms with Crippen molar-refractivity contribution in [2.24, 2.45) is 0 Å². The molecular formula is C19H18ClNO4. The summed E-state index contributed by atoms with van der Waals surface area (Å²) in [4.78, 5) is 24.1. The largest absolute Gasteiger partial charge is 0.454 e. The molecule has 1 amide bonds. The molecule has 25 heavy (non-hydrogen) atoms. The van der Waals surface area contributed by atoms with Crippen molar-refractivity contribution >= 4 is 23.3 Å². The number of benzene rings is 2. The summed E-state index contributed by atoms with van der Waals surface area (Å²) in [5.41, 5.74) is 1.62. The zero-order chi connectivity index (χ0) is 17.6. The molecule has 5 nitrogen and oxygen atoms in total. The number of Topliss-reactive ketones (excluding diaryl/α,β-unsaturated/α-hetero) is 1. The molecule has 0 saturated carbocycles. The third kappa shape index (κ3) is 4.73. The number of fused-ring (bicyclic) bond motifs is 1. The van der Waals surface area contributed by atoms with Gasteiger partial charge in [-0.25, -0.2) is 0 Å². The van der Waals surface area contributed by atoms with Gasteiger partial charge in [-0.3, -0.25) is 9.59 Å². The summed E-state index contributed by atoms with van der Waals surface area (Å²) < 4.78 is 10.5. The van der Waals surface area contributed by atoms with Crippen LogP contribution in [0.15, 0.2) is 42.5 Å². The lowest BCUT2D eigenvalue weighted by Gasteiger charge is -2.06. The lowest BCUT2D eigenvalue weighted by molar-refractivity contribution is -0.121. The number of hydrogen-bond acceptors (Lipinski definition) is 4. The zero-order valence-electron chi connectivity index (χ0n) is 13.6. The summed E-state index contributed by atoms with van der Waals surface area (Å²) in [6, 6.07) is 12.6. The van der Waals surface area contributed by atoms with E-state index >= 15 is 0 Å². The first-order valence-corrected chi connectivity index (χ1v) is 8.43. The summed E-state index contributed by atoms with van der Waals surface area (Å²) in [6.45, 7) is 0.696. The van der Waals surface area contributed by atoms with E-state index in [0.717, 1.165) is 12.0 Å². The Labute approximate surface area is 150 Å². The van der Waals surface area contributed by atoms with Crippen LogP contribution >= 0.6 is 11.6 Å². The number of hydrogen-bond donors (Lipinski definition) is 1. The molecule has 1 N–H and O–H groups in total. The van der Waals surface area contributed by atoms with Gasteiger partial charge in [0.25, 0.3) is 0 Å². The van der Waals surface area contributed by atoms with Crippen LogP contribution < -0.4 is 14.8 Å². The molecule has 2 aromatic rings. The SMILES string of the molecule is O=C(CCC(=O)c1ccc2c(c1)OCO2)NCCc1ccc(Cl)cc1. The van der Waals surface area contributed by atoms with Crippen LogP contribution in [0.4, 0.5) is 0 Å². The number of nitrogens with one attached hydrogen (secondary N) is 1. The van der Waals surface area contributed by atoms with Crippen molar-refractivity contribution in [2.75, 3.05) is 13.3 Å². The highest BCUT2D eigenvalue weighted by Gasteiger charge is 2.16. The van der Waals surface area contributed by atoms with Gasteiger partial charge in [-0.2, -0.15) is 0 Å². The van der Waals surface area contributed by atoms with E-state index in [-0.39, 0.29) is 31.3 Å². The van der Waals surface area contributed by atoms with E-state index in [1.807, 2.05) is 24.3 Å². The topological polar surface area (TPSA) is 64.6 Å². The summed E-state index contributed by atoms with van der Waals surface area (Å²) in [5.74, 6) is 0.976. The molecule has 0 aliphatic carbocycles. The van der Waals surface area contributed by atoms with Crippen LogP contribution in [0.3, 0.4) is 0 Å². The van der Waals surface area contributed by atoms with Gasteiger partial charge in [0.1, 0.15) is 0 Å². The highest BCUT2D eigenvalue weighted by Crippen LogP contribution is 2.32. The third-order valence-electron chi connectivity index (χ3n) is 3.92. The van der Waals surface area contributed by atoms with E-state index in [2.05, 4.69) is 5.32 Å². The number of carbonyl (C=O) groups is 2. The molecule has 1 aliphatic heterocycles. The maximum atomic E-state index is 12.2. The molecule has 0 aromatic heterocycles. The third-order valence-corrected chi connectivity index (χ3v) is 4.17. The number of rotatable bonds is 7. The van der Waals surface area contributed by atoms with Crippen molar-refractivity contribution in [1.29, 1.82) is 0 Å². The Balaban J connectivity index is 1.41. The second-order valence-corrected chi connectivity index (χ2v) is 6.15. The molecule has 2 aromatic carbocycles. The Hall–Kier alpha value is -2.53. The first kappa shape index (κ1) is 17.3. The Morgan fingerprint density at radius 2 is 1.76 bits per heavy atom. The Morgan fingerprint density at radius 3 is 2.56 bits per heavy atom. The fourth-order valence-corrected chi connectivity index (χ4v) is 2.65. The van der Waals surface area contributed by atoms with Gasteiger partial charge in [-0.05, 0) is 42.3 Å². The molecule has 1 heterocycles. The second-order valence-electron chi connectivity index (χ2n) is 5.72. The lowest BCUT2D eigenvalue weighted by atomic mass is 10.1. The first-order valence-electron chi connectivity index (χ1n) is 8.06. The van der Waals surface area contributed by atoms with Crippen molar-refractivity contribution < 1.29 is 19.1 Å². The van der Waals surface area contributed by atoms with Crippen molar-refractivity contribution in [3.05, 3.63) is 58.6 Å². The first-order chi connectivity index (χ1) is 12.1. The van der Waals surface area contributed by atoms with Gasteiger partial charge in [0.05, 0.1) is 0 Å². The molecule has 0 atom stereocenters. The van der Waals surface area contributed by atoms with Gasteiger partial charge in [-0.1, -0.05) is 23.7 Å². The van der Waals surface area contributed by atoms with E-state index in [9.17, 15) is 9.59 Å². The zero-order valence-corrected chi connectivity index (χ0v) is 14.3. The molecule has 0 bridgehead atoms. The van der Waals surface area contributed by atoms with Crippen molar-refractivity contribution in [3.63, 3.8) is 0 Å². The Bertz CT molecular complexity index is 773. The van der Waals surface area contributed by atoms with Crippen molar-refractivity contribution in [1.82, 2.24) is 5.32 Å². The smallest absolute Gasteiger partial charge is 0.231 e. The summed E-state index contributed by atoms with van der Waals surface area (Å²) in [5, 5.41) is 3.52. The van der Waals surface area contributed by atoms with Gasteiger partial charge >= 0.3 is 0 Å². The second kappa shape index (κ2) is 8.03. The average Bonchev–Trinajstić information content (AvgIpc) is 3.09. The van der Waals surface area contributed by atoms with E-state index in [1.165, 1.54) is 0 Å². The van der Waals surface area contributed by atoms with Gasteiger partial charge < -0.3 is 14.8 Å².